The van der Waals surface area contributed by atoms with Crippen molar-refractivity contribution in [2.75, 3.05) is 0 Å². The van der Waals surface area contributed by atoms with Crippen LogP contribution in [-0.4, -0.2) is 16.8 Å². The lowest BCUT2D eigenvalue weighted by molar-refractivity contribution is -0.0498. The topological polar surface area (TPSA) is 51.0 Å². The molecule has 2 aromatic carbocycles. The van der Waals surface area contributed by atoms with Crippen molar-refractivity contribution in [3.63, 3.8) is 0 Å². The fourth-order valence-corrected chi connectivity index (χ4v) is 4.29. The van der Waals surface area contributed by atoms with E-state index in [0.717, 1.165) is 24.5 Å². The van der Waals surface area contributed by atoms with E-state index < -0.39 is 18.2 Å². The maximum absolute atomic E-state index is 14.3. The summed E-state index contributed by atoms with van der Waals surface area (Å²) < 4.78 is 57.2. The number of hydrogen-bond donors (Lipinski definition) is 2. The molecule has 3 aromatic rings. The second kappa shape index (κ2) is 7.09. The van der Waals surface area contributed by atoms with Gasteiger partial charge in [-0.15, -0.1) is 0 Å². The highest BCUT2D eigenvalue weighted by Crippen LogP contribution is 2.48. The maximum Gasteiger partial charge on any atom is 0.387 e. The Labute approximate surface area is 157 Å². The first kappa shape index (κ1) is 18.2. The number of ether oxygens (including phenoxy) is 1. The normalized spacial score (nSPS) is 19.5. The van der Waals surface area contributed by atoms with Gasteiger partial charge in [0.05, 0.1) is 11.2 Å². The molecule has 3 nitrogen and oxygen atoms in total. The van der Waals surface area contributed by atoms with Gasteiger partial charge in [0.15, 0.2) is 0 Å². The Morgan fingerprint density at radius 3 is 2.44 bits per heavy atom. The summed E-state index contributed by atoms with van der Waals surface area (Å²) in [4.78, 5) is 3.05. The summed E-state index contributed by atoms with van der Waals surface area (Å²) in [6, 6.07) is 8.25. The SMILES string of the molecule is NSC1CC(c2c(-c3ccc(OC(F)F)cc3)[nH]c3c(F)cc(F)cc23)C1. The van der Waals surface area contributed by atoms with Crippen molar-refractivity contribution in [2.45, 2.75) is 30.6 Å². The van der Waals surface area contributed by atoms with Crippen LogP contribution in [0.2, 0.25) is 0 Å². The first-order chi connectivity index (χ1) is 13.0. The molecular formula is C19H16F4N2OS. The molecule has 0 bridgehead atoms. The highest BCUT2D eigenvalue weighted by atomic mass is 32.2. The average Bonchev–Trinajstić information content (AvgIpc) is 2.94. The summed E-state index contributed by atoms with van der Waals surface area (Å²) in [7, 11) is 0. The minimum Gasteiger partial charge on any atom is -0.435 e. The van der Waals surface area contributed by atoms with E-state index in [4.69, 9.17) is 5.14 Å². The second-order valence-electron chi connectivity index (χ2n) is 6.55. The Balaban J connectivity index is 1.80. The van der Waals surface area contributed by atoms with Crippen molar-refractivity contribution in [2.24, 2.45) is 5.14 Å². The van der Waals surface area contributed by atoms with Crippen LogP contribution in [0.25, 0.3) is 22.2 Å². The van der Waals surface area contributed by atoms with E-state index in [9.17, 15) is 17.6 Å². The number of hydrogen-bond acceptors (Lipinski definition) is 3. The fourth-order valence-electron chi connectivity index (χ4n) is 3.61. The molecule has 1 aromatic heterocycles. The molecular weight excluding hydrogens is 380 g/mol. The van der Waals surface area contributed by atoms with Crippen LogP contribution in [0.3, 0.4) is 0 Å². The van der Waals surface area contributed by atoms with E-state index in [1.54, 1.807) is 12.1 Å². The fraction of sp³-hybridized carbons (Fsp3) is 0.263. The first-order valence-electron chi connectivity index (χ1n) is 8.37. The summed E-state index contributed by atoms with van der Waals surface area (Å²) >= 11 is 1.29. The second-order valence-corrected chi connectivity index (χ2v) is 7.49. The molecule has 0 atom stereocenters. The minimum absolute atomic E-state index is 0.0341. The van der Waals surface area contributed by atoms with Crippen molar-refractivity contribution < 1.29 is 22.3 Å². The van der Waals surface area contributed by atoms with E-state index in [0.29, 0.717) is 21.9 Å². The number of benzene rings is 2. The van der Waals surface area contributed by atoms with Crippen LogP contribution in [0.4, 0.5) is 17.6 Å². The predicted octanol–water partition coefficient (Wildman–Crippen LogP) is 5.57. The zero-order valence-electron chi connectivity index (χ0n) is 14.0. The van der Waals surface area contributed by atoms with Crippen LogP contribution in [-0.2, 0) is 0 Å². The molecule has 0 amide bonds. The van der Waals surface area contributed by atoms with Gasteiger partial charge in [0, 0.05) is 16.7 Å². The standard InChI is InChI=1S/C19H16F4N2OS/c20-11-7-14-16(10-5-13(6-10)27-24)17(25-18(14)15(21)8-11)9-1-3-12(4-2-9)26-19(22)23/h1-4,7-8,10,13,19,25H,5-6,24H2. The molecule has 1 fully saturated rings. The number of nitrogens with one attached hydrogen (secondary N) is 1. The molecule has 27 heavy (non-hydrogen) atoms. The number of H-pyrrole nitrogens is 1. The van der Waals surface area contributed by atoms with E-state index >= 15 is 0 Å². The van der Waals surface area contributed by atoms with Crippen molar-refractivity contribution in [3.05, 3.63) is 53.6 Å². The molecule has 0 aliphatic heterocycles. The lowest BCUT2D eigenvalue weighted by atomic mass is 9.77. The molecule has 1 aliphatic carbocycles. The predicted molar refractivity (Wildman–Crippen MR) is 97.8 cm³/mol. The van der Waals surface area contributed by atoms with Gasteiger partial charge in [0.2, 0.25) is 0 Å². The van der Waals surface area contributed by atoms with Gasteiger partial charge in [-0.1, -0.05) is 11.9 Å². The van der Waals surface area contributed by atoms with Gasteiger partial charge in [0.25, 0.3) is 0 Å². The lowest BCUT2D eigenvalue weighted by Crippen LogP contribution is -2.25. The Kier molecular flexibility index (Phi) is 4.77. The Hall–Kier alpha value is -2.19. The zero-order chi connectivity index (χ0) is 19.1. The van der Waals surface area contributed by atoms with Gasteiger partial charge in [-0.3, -0.25) is 5.14 Å². The van der Waals surface area contributed by atoms with E-state index in [-0.39, 0.29) is 17.2 Å². The molecule has 1 heterocycles. The molecule has 8 heteroatoms. The van der Waals surface area contributed by atoms with Gasteiger partial charge in [-0.05, 0) is 60.2 Å². The third kappa shape index (κ3) is 3.39. The summed E-state index contributed by atoms with van der Waals surface area (Å²) in [5, 5.41) is 6.44. The smallest absolute Gasteiger partial charge is 0.387 e. The molecule has 3 N–H and O–H groups in total. The number of alkyl halides is 2. The Bertz CT molecular complexity index is 968. The number of aromatic nitrogens is 1. The van der Waals surface area contributed by atoms with Crippen LogP contribution >= 0.6 is 11.9 Å². The average molecular weight is 396 g/mol. The van der Waals surface area contributed by atoms with Gasteiger partial charge >= 0.3 is 6.61 Å². The Morgan fingerprint density at radius 1 is 1.11 bits per heavy atom. The molecule has 0 saturated heterocycles. The number of halogens is 4. The van der Waals surface area contributed by atoms with Crippen LogP contribution in [0.5, 0.6) is 5.75 Å². The highest BCUT2D eigenvalue weighted by Gasteiger charge is 2.34. The number of nitrogens with two attached hydrogens (primary N) is 1. The molecule has 0 unspecified atom stereocenters. The van der Waals surface area contributed by atoms with Crippen LogP contribution < -0.4 is 9.88 Å². The van der Waals surface area contributed by atoms with Gasteiger partial charge in [-0.2, -0.15) is 8.78 Å². The molecule has 4 rings (SSSR count). The third-order valence-corrected chi connectivity index (χ3v) is 5.70. The van der Waals surface area contributed by atoms with Crippen LogP contribution in [0.15, 0.2) is 36.4 Å². The van der Waals surface area contributed by atoms with Gasteiger partial charge < -0.3 is 9.72 Å². The van der Waals surface area contributed by atoms with Gasteiger partial charge in [-0.25, -0.2) is 8.78 Å². The maximum atomic E-state index is 14.3. The summed E-state index contributed by atoms with van der Waals surface area (Å²) in [6.07, 6.45) is 1.62. The van der Waals surface area contributed by atoms with Crippen LogP contribution in [0, 0.1) is 11.6 Å². The number of rotatable bonds is 5. The largest absolute Gasteiger partial charge is 0.435 e. The van der Waals surface area contributed by atoms with E-state index in [1.807, 2.05) is 0 Å². The first-order valence-corrected chi connectivity index (χ1v) is 9.32. The zero-order valence-corrected chi connectivity index (χ0v) is 14.8. The minimum atomic E-state index is -2.91. The molecule has 1 saturated carbocycles. The van der Waals surface area contributed by atoms with Crippen molar-refractivity contribution in [3.8, 4) is 17.0 Å². The Morgan fingerprint density at radius 2 is 1.81 bits per heavy atom. The summed E-state index contributed by atoms with van der Waals surface area (Å²) in [5.74, 6) is -1.16. The molecule has 0 radical (unpaired) electrons. The number of aromatic amines is 1. The monoisotopic (exact) mass is 396 g/mol. The quantitative estimate of drug-likeness (QED) is 0.438. The van der Waals surface area contributed by atoms with E-state index in [2.05, 4.69) is 9.72 Å². The van der Waals surface area contributed by atoms with Crippen molar-refractivity contribution in [1.29, 1.82) is 0 Å². The van der Waals surface area contributed by atoms with Crippen LogP contribution in [0.1, 0.15) is 24.3 Å². The van der Waals surface area contributed by atoms with Crippen molar-refractivity contribution in [1.82, 2.24) is 4.98 Å². The molecule has 1 aliphatic rings. The summed E-state index contributed by atoms with van der Waals surface area (Å²) in [5.41, 5.74) is 2.41. The van der Waals surface area contributed by atoms with Gasteiger partial charge in [0.1, 0.15) is 17.4 Å². The van der Waals surface area contributed by atoms with E-state index in [1.165, 1.54) is 30.1 Å². The molecule has 142 valence electrons. The highest BCUT2D eigenvalue weighted by molar-refractivity contribution is 7.97. The third-order valence-electron chi connectivity index (χ3n) is 4.93. The number of fused-ring (bicyclic) bond motifs is 1. The van der Waals surface area contributed by atoms with Crippen molar-refractivity contribution >= 4 is 22.9 Å². The lowest BCUT2D eigenvalue weighted by Gasteiger charge is -2.34. The molecule has 0 spiro atoms. The summed E-state index contributed by atoms with van der Waals surface area (Å²) in [6.45, 7) is -2.91.